The van der Waals surface area contributed by atoms with Crippen molar-refractivity contribution in [3.05, 3.63) is 18.2 Å². The number of fused-ring (bicyclic) bond motifs is 1. The molecular weight excluding hydrogens is 256 g/mol. The number of urea groups is 1. The molecule has 20 heavy (non-hydrogen) atoms. The highest BCUT2D eigenvalue weighted by atomic mass is 16.7. The van der Waals surface area contributed by atoms with E-state index in [0.29, 0.717) is 29.6 Å². The number of benzene rings is 1. The van der Waals surface area contributed by atoms with Gasteiger partial charge < -0.3 is 20.1 Å². The molecule has 0 atom stereocenters. The smallest absolute Gasteiger partial charge is 0.319 e. The Morgan fingerprint density at radius 2 is 1.95 bits per heavy atom. The number of carbonyl (C=O) groups is 1. The normalized spacial score (nSPS) is 15.2. The third-order valence-electron chi connectivity index (χ3n) is 2.92. The molecule has 5 nitrogen and oxygen atoms in total. The van der Waals surface area contributed by atoms with Crippen LogP contribution < -0.4 is 20.1 Å². The lowest BCUT2D eigenvalue weighted by Crippen LogP contribution is -2.30. The third-order valence-corrected chi connectivity index (χ3v) is 2.92. The number of carbonyl (C=O) groups excluding carboxylic acids is 1. The second-order valence-corrected chi connectivity index (χ2v) is 5.83. The topological polar surface area (TPSA) is 59.6 Å². The lowest BCUT2D eigenvalue weighted by molar-refractivity contribution is -0.0431. The van der Waals surface area contributed by atoms with Crippen molar-refractivity contribution in [3.63, 3.8) is 0 Å². The van der Waals surface area contributed by atoms with Gasteiger partial charge >= 0.3 is 6.03 Å². The van der Waals surface area contributed by atoms with Crippen LogP contribution >= 0.6 is 0 Å². The van der Waals surface area contributed by atoms with Crippen molar-refractivity contribution in [1.82, 2.24) is 5.32 Å². The van der Waals surface area contributed by atoms with Crippen molar-refractivity contribution in [2.24, 2.45) is 5.92 Å². The van der Waals surface area contributed by atoms with Gasteiger partial charge in [-0.3, -0.25) is 0 Å². The van der Waals surface area contributed by atoms with Crippen LogP contribution in [0.5, 0.6) is 11.5 Å². The lowest BCUT2D eigenvalue weighted by atomic mass is 10.1. The highest BCUT2D eigenvalue weighted by Gasteiger charge is 2.31. The van der Waals surface area contributed by atoms with E-state index in [1.807, 2.05) is 13.8 Å². The minimum atomic E-state index is -0.652. The van der Waals surface area contributed by atoms with Crippen LogP contribution in [-0.2, 0) is 0 Å². The third kappa shape index (κ3) is 3.79. The minimum absolute atomic E-state index is 0.205. The van der Waals surface area contributed by atoms with E-state index in [2.05, 4.69) is 24.5 Å². The van der Waals surface area contributed by atoms with Gasteiger partial charge in [0.15, 0.2) is 11.5 Å². The largest absolute Gasteiger partial charge is 0.449 e. The lowest BCUT2D eigenvalue weighted by Gasteiger charge is -2.16. The van der Waals surface area contributed by atoms with Crippen molar-refractivity contribution < 1.29 is 14.3 Å². The molecule has 0 radical (unpaired) electrons. The van der Waals surface area contributed by atoms with E-state index in [9.17, 15) is 4.79 Å². The molecule has 0 fully saturated rings. The van der Waals surface area contributed by atoms with Gasteiger partial charge in [0.05, 0.1) is 0 Å². The zero-order valence-electron chi connectivity index (χ0n) is 12.4. The van der Waals surface area contributed by atoms with E-state index in [4.69, 9.17) is 9.47 Å². The molecule has 0 saturated carbocycles. The van der Waals surface area contributed by atoms with Crippen LogP contribution in [0.1, 0.15) is 34.1 Å². The van der Waals surface area contributed by atoms with E-state index in [-0.39, 0.29) is 6.03 Å². The quantitative estimate of drug-likeness (QED) is 0.887. The van der Waals surface area contributed by atoms with Crippen molar-refractivity contribution in [3.8, 4) is 11.5 Å². The maximum atomic E-state index is 11.7. The monoisotopic (exact) mass is 278 g/mol. The summed E-state index contributed by atoms with van der Waals surface area (Å²) >= 11 is 0. The zero-order valence-corrected chi connectivity index (χ0v) is 12.4. The van der Waals surface area contributed by atoms with Gasteiger partial charge in [0.2, 0.25) is 5.79 Å². The van der Waals surface area contributed by atoms with Crippen LogP contribution in [0.3, 0.4) is 0 Å². The van der Waals surface area contributed by atoms with Crippen LogP contribution in [0.2, 0.25) is 0 Å². The number of nitrogens with one attached hydrogen (secondary N) is 2. The molecular formula is C15H22N2O3. The second-order valence-electron chi connectivity index (χ2n) is 5.83. The molecule has 1 aromatic rings. The number of hydrogen-bond acceptors (Lipinski definition) is 3. The van der Waals surface area contributed by atoms with E-state index in [1.165, 1.54) is 0 Å². The predicted octanol–water partition coefficient (Wildman–Crippen LogP) is 3.36. The molecule has 1 aliphatic heterocycles. The summed E-state index contributed by atoms with van der Waals surface area (Å²) in [6, 6.07) is 5.16. The maximum Gasteiger partial charge on any atom is 0.319 e. The molecule has 2 amide bonds. The minimum Gasteiger partial charge on any atom is -0.449 e. The van der Waals surface area contributed by atoms with Gasteiger partial charge in [-0.2, -0.15) is 0 Å². The second kappa shape index (κ2) is 5.61. The molecule has 0 aliphatic carbocycles. The molecule has 0 spiro atoms. The Balaban J connectivity index is 1.90. The SMILES string of the molecule is CC(C)CCNC(=O)Nc1ccc2c(c1)OC(C)(C)O2. The molecule has 1 aliphatic rings. The van der Waals surface area contributed by atoms with Gasteiger partial charge in [-0.1, -0.05) is 13.8 Å². The first kappa shape index (κ1) is 14.5. The Bertz CT molecular complexity index is 498. The van der Waals surface area contributed by atoms with Gasteiger partial charge in [-0.05, 0) is 24.5 Å². The van der Waals surface area contributed by atoms with Crippen molar-refractivity contribution >= 4 is 11.7 Å². The first-order valence-electron chi connectivity index (χ1n) is 6.93. The Morgan fingerprint density at radius 1 is 1.25 bits per heavy atom. The van der Waals surface area contributed by atoms with Gasteiger partial charge in [-0.25, -0.2) is 4.79 Å². The summed E-state index contributed by atoms with van der Waals surface area (Å²) in [5, 5.41) is 5.61. The fraction of sp³-hybridized carbons (Fsp3) is 0.533. The predicted molar refractivity (Wildman–Crippen MR) is 78.3 cm³/mol. The summed E-state index contributed by atoms with van der Waals surface area (Å²) in [5.74, 6) is 1.26. The highest BCUT2D eigenvalue weighted by Crippen LogP contribution is 2.40. The van der Waals surface area contributed by atoms with Crippen LogP contribution in [0.4, 0.5) is 10.5 Å². The first-order chi connectivity index (χ1) is 9.35. The van der Waals surface area contributed by atoms with Gasteiger partial charge in [0.1, 0.15) is 0 Å². The molecule has 1 aromatic carbocycles. The average molecular weight is 278 g/mol. The Morgan fingerprint density at radius 3 is 2.65 bits per heavy atom. The maximum absolute atomic E-state index is 11.7. The Labute approximate surface area is 119 Å². The molecule has 5 heteroatoms. The Hall–Kier alpha value is -1.91. The summed E-state index contributed by atoms with van der Waals surface area (Å²) in [6.45, 7) is 8.61. The van der Waals surface area contributed by atoms with E-state index in [1.54, 1.807) is 18.2 Å². The summed E-state index contributed by atoms with van der Waals surface area (Å²) in [4.78, 5) is 11.7. The number of amides is 2. The zero-order chi connectivity index (χ0) is 14.8. The number of anilines is 1. The van der Waals surface area contributed by atoms with Crippen LogP contribution in [0.15, 0.2) is 18.2 Å². The average Bonchev–Trinajstić information content (AvgIpc) is 2.61. The molecule has 0 aromatic heterocycles. The number of hydrogen-bond donors (Lipinski definition) is 2. The standard InChI is InChI=1S/C15H22N2O3/c1-10(2)7-8-16-14(18)17-11-5-6-12-13(9-11)20-15(3,4)19-12/h5-6,9-10H,7-8H2,1-4H3,(H2,16,17,18). The molecule has 2 rings (SSSR count). The highest BCUT2D eigenvalue weighted by molar-refractivity contribution is 5.89. The Kier molecular flexibility index (Phi) is 4.06. The number of ether oxygens (including phenoxy) is 2. The first-order valence-corrected chi connectivity index (χ1v) is 6.93. The number of rotatable bonds is 4. The fourth-order valence-corrected chi connectivity index (χ4v) is 1.95. The van der Waals surface area contributed by atoms with Gasteiger partial charge in [-0.15, -0.1) is 0 Å². The fourth-order valence-electron chi connectivity index (χ4n) is 1.95. The van der Waals surface area contributed by atoms with Gasteiger partial charge in [0.25, 0.3) is 0 Å². The molecule has 0 saturated heterocycles. The summed E-state index contributed by atoms with van der Waals surface area (Å²) in [5.41, 5.74) is 0.687. The van der Waals surface area contributed by atoms with Crippen molar-refractivity contribution in [1.29, 1.82) is 0 Å². The van der Waals surface area contributed by atoms with Gasteiger partial charge in [0, 0.05) is 32.1 Å². The van der Waals surface area contributed by atoms with E-state index >= 15 is 0 Å². The summed E-state index contributed by atoms with van der Waals surface area (Å²) in [6.07, 6.45) is 0.961. The van der Waals surface area contributed by atoms with Crippen LogP contribution in [0, 0.1) is 5.92 Å². The van der Waals surface area contributed by atoms with Crippen LogP contribution in [0.25, 0.3) is 0 Å². The summed E-state index contributed by atoms with van der Waals surface area (Å²) < 4.78 is 11.2. The van der Waals surface area contributed by atoms with E-state index < -0.39 is 5.79 Å². The van der Waals surface area contributed by atoms with Crippen molar-refractivity contribution in [2.45, 2.75) is 39.9 Å². The van der Waals surface area contributed by atoms with E-state index in [0.717, 1.165) is 6.42 Å². The van der Waals surface area contributed by atoms with Crippen LogP contribution in [-0.4, -0.2) is 18.4 Å². The molecule has 110 valence electrons. The van der Waals surface area contributed by atoms with Crippen molar-refractivity contribution in [2.75, 3.05) is 11.9 Å². The molecule has 0 bridgehead atoms. The molecule has 2 N–H and O–H groups in total. The molecule has 1 heterocycles. The summed E-state index contributed by atoms with van der Waals surface area (Å²) in [7, 11) is 0. The molecule has 0 unspecified atom stereocenters.